The van der Waals surface area contributed by atoms with Crippen LogP contribution >= 0.6 is 34.4 Å². The van der Waals surface area contributed by atoms with E-state index in [0.717, 1.165) is 34.4 Å². The Hall–Kier alpha value is -3.32. The number of hydrogen-bond acceptors (Lipinski definition) is 9. The smallest absolute Gasteiger partial charge is 0.348 e. The second-order valence-electron chi connectivity index (χ2n) is 12.2. The van der Waals surface area contributed by atoms with E-state index in [4.69, 9.17) is 9.16 Å². The Kier molecular flexibility index (Phi) is 11.8. The quantitative estimate of drug-likeness (QED) is 0.115. The van der Waals surface area contributed by atoms with Crippen molar-refractivity contribution in [1.29, 1.82) is 5.26 Å². The molecule has 0 unspecified atom stereocenters. The van der Waals surface area contributed by atoms with Gasteiger partial charge >= 0.3 is 11.2 Å². The molecule has 1 aliphatic rings. The van der Waals surface area contributed by atoms with Crippen molar-refractivity contribution in [2.75, 3.05) is 20.2 Å². The van der Waals surface area contributed by atoms with Gasteiger partial charge in [0.15, 0.2) is 8.32 Å². The highest BCUT2D eigenvalue weighted by Crippen LogP contribution is 2.38. The zero-order valence-corrected chi connectivity index (χ0v) is 30.0. The number of nitrogens with zero attached hydrogens (tertiary/aromatic N) is 3. The number of benzene rings is 1. The number of nitriles is 1. The van der Waals surface area contributed by atoms with E-state index in [1.54, 1.807) is 11.1 Å². The van der Waals surface area contributed by atoms with Crippen LogP contribution in [0.2, 0.25) is 18.1 Å². The summed E-state index contributed by atoms with van der Waals surface area (Å²) < 4.78 is 11.8. The zero-order valence-electron chi connectivity index (χ0n) is 26.6. The lowest BCUT2D eigenvalue weighted by Crippen LogP contribution is -2.47. The molecule has 0 saturated heterocycles. The molecule has 1 amide bonds. The maximum atomic E-state index is 13.0. The summed E-state index contributed by atoms with van der Waals surface area (Å²) in [5, 5.41) is 16.8. The van der Waals surface area contributed by atoms with Gasteiger partial charge in [-0.2, -0.15) is 5.26 Å². The van der Waals surface area contributed by atoms with Crippen molar-refractivity contribution in [3.63, 3.8) is 0 Å². The summed E-state index contributed by atoms with van der Waals surface area (Å²) in [5.74, 6) is 6.03. The molecule has 0 radical (unpaired) electrons. The number of hydrogen-bond donors (Lipinski definition) is 0. The Bertz CT molecular complexity index is 1640. The Balaban J connectivity index is 1.48. The second-order valence-corrected chi connectivity index (χ2v) is 19.9. The molecule has 236 valence electrons. The van der Waals surface area contributed by atoms with E-state index in [0.29, 0.717) is 29.3 Å². The Morgan fingerprint density at radius 1 is 1.11 bits per heavy atom. The molecule has 2 aromatic heterocycles. The summed E-state index contributed by atoms with van der Waals surface area (Å²) >= 11 is 3.97. The number of methoxy groups -OCH3 is 1. The van der Waals surface area contributed by atoms with Crippen LogP contribution < -0.4 is 0 Å². The van der Waals surface area contributed by atoms with E-state index in [2.05, 4.69) is 63.9 Å². The molecule has 0 saturated carbocycles. The van der Waals surface area contributed by atoms with Crippen LogP contribution in [0, 0.1) is 23.2 Å². The summed E-state index contributed by atoms with van der Waals surface area (Å²) in [6.07, 6.45) is 3.98. The number of thioether (sulfide) groups is 1. The van der Waals surface area contributed by atoms with Crippen LogP contribution in [0.1, 0.15) is 63.3 Å². The maximum Gasteiger partial charge on any atom is 0.348 e. The maximum absolute atomic E-state index is 13.0. The molecule has 4 rings (SSSR count). The monoisotopic (exact) mass is 677 g/mol. The summed E-state index contributed by atoms with van der Waals surface area (Å²) in [6.45, 7) is 12.4. The van der Waals surface area contributed by atoms with Crippen molar-refractivity contribution in [3.05, 3.63) is 90.8 Å². The van der Waals surface area contributed by atoms with E-state index in [1.807, 2.05) is 46.3 Å². The molecule has 0 N–H and O–H groups in total. The van der Waals surface area contributed by atoms with Crippen molar-refractivity contribution < 1.29 is 18.8 Å². The second kappa shape index (κ2) is 15.3. The lowest BCUT2D eigenvalue weighted by Gasteiger charge is -2.41. The normalized spacial score (nSPS) is 14.1. The minimum atomic E-state index is -2.10. The third-order valence-electron chi connectivity index (χ3n) is 7.99. The predicted octanol–water partition coefficient (Wildman–Crippen LogP) is 8.29. The highest BCUT2D eigenvalue weighted by molar-refractivity contribution is 8.16. The van der Waals surface area contributed by atoms with Gasteiger partial charge in [-0.1, -0.05) is 44.7 Å². The minimum Gasteiger partial charge on any atom is -0.465 e. The number of carbonyl (C=O) groups excluding carboxylic acids is 2. The number of ether oxygens (including phenoxy) is 1. The molecule has 11 heteroatoms. The average molecular weight is 678 g/mol. The molecule has 1 atom stereocenters. The van der Waals surface area contributed by atoms with Gasteiger partial charge in [0.1, 0.15) is 15.8 Å². The fraction of sp³-hybridized carbons (Fsp3) is 0.382. The highest BCUT2D eigenvalue weighted by atomic mass is 32.2. The molecule has 3 heterocycles. The summed E-state index contributed by atoms with van der Waals surface area (Å²) in [4.78, 5) is 27.1. The molecule has 0 bridgehead atoms. The zero-order chi connectivity index (χ0) is 32.6. The third kappa shape index (κ3) is 9.35. The van der Waals surface area contributed by atoms with Gasteiger partial charge in [0.05, 0.1) is 18.8 Å². The van der Waals surface area contributed by atoms with Gasteiger partial charge < -0.3 is 9.16 Å². The standard InChI is InChI=1S/C34H39N3O4S3Si/c1-34(2,3)45(5,6)41-28(23-26-9-7-8-25(22-26)10-11-27-16-20-42-31(27)24-35)14-17-36-19-21-43-33(39)37(36)18-15-29-12-13-30(44-29)32(38)40-4/h7-9,12-13,16,19-22,28H,14-15,17-18,23H2,1-6H3/t28-/m1/s1. The summed E-state index contributed by atoms with van der Waals surface area (Å²) in [6, 6.07) is 16.0. The number of rotatable bonds is 11. The Labute approximate surface area is 279 Å². The van der Waals surface area contributed by atoms with Gasteiger partial charge in [0.25, 0.3) is 0 Å². The van der Waals surface area contributed by atoms with Gasteiger partial charge in [0, 0.05) is 36.2 Å². The van der Waals surface area contributed by atoms with Crippen LogP contribution in [0.5, 0.6) is 0 Å². The molecule has 3 aromatic rings. The molecule has 0 fully saturated rings. The molecule has 7 nitrogen and oxygen atoms in total. The van der Waals surface area contributed by atoms with Crippen LogP contribution in [-0.2, 0) is 22.0 Å². The van der Waals surface area contributed by atoms with Crippen molar-refractivity contribution in [2.24, 2.45) is 0 Å². The topological polar surface area (TPSA) is 82.9 Å². The molecule has 0 aliphatic carbocycles. The third-order valence-corrected chi connectivity index (χ3v) is 15.1. The van der Waals surface area contributed by atoms with Gasteiger partial charge in [-0.3, -0.25) is 9.80 Å². The van der Waals surface area contributed by atoms with E-state index in [-0.39, 0.29) is 22.4 Å². The molecule has 1 aromatic carbocycles. The van der Waals surface area contributed by atoms with Gasteiger partial charge in [-0.05, 0) is 89.4 Å². The first-order valence-corrected chi connectivity index (χ1v) is 20.2. The number of hydrazine groups is 1. The first-order chi connectivity index (χ1) is 21.4. The van der Waals surface area contributed by atoms with Crippen molar-refractivity contribution in [1.82, 2.24) is 10.0 Å². The van der Waals surface area contributed by atoms with E-state index in [1.165, 1.54) is 41.5 Å². The molecular weight excluding hydrogens is 639 g/mol. The lowest BCUT2D eigenvalue weighted by atomic mass is 10.0. The van der Waals surface area contributed by atoms with Crippen LogP contribution in [0.15, 0.2) is 59.5 Å². The van der Waals surface area contributed by atoms with Crippen molar-refractivity contribution in [3.8, 4) is 17.9 Å². The minimum absolute atomic E-state index is 0.0273. The van der Waals surface area contributed by atoms with E-state index < -0.39 is 8.32 Å². The van der Waals surface area contributed by atoms with E-state index >= 15 is 0 Å². The van der Waals surface area contributed by atoms with Gasteiger partial charge in [0.2, 0.25) is 0 Å². The van der Waals surface area contributed by atoms with Crippen molar-refractivity contribution in [2.45, 2.75) is 64.3 Å². The lowest BCUT2D eigenvalue weighted by molar-refractivity contribution is 0.0567. The van der Waals surface area contributed by atoms with Crippen molar-refractivity contribution >= 4 is 54.0 Å². The number of amides is 1. The largest absolute Gasteiger partial charge is 0.465 e. The Morgan fingerprint density at radius 2 is 1.91 bits per heavy atom. The Morgan fingerprint density at radius 3 is 2.64 bits per heavy atom. The number of thiophene rings is 2. The fourth-order valence-electron chi connectivity index (χ4n) is 4.50. The van der Waals surface area contributed by atoms with Crippen LogP contribution in [-0.4, -0.2) is 55.8 Å². The first-order valence-electron chi connectivity index (χ1n) is 14.7. The van der Waals surface area contributed by atoms with Crippen LogP contribution in [0.4, 0.5) is 4.79 Å². The number of esters is 1. The van der Waals surface area contributed by atoms with Gasteiger partial charge in [-0.25, -0.2) is 9.80 Å². The van der Waals surface area contributed by atoms with Crippen LogP contribution in [0.3, 0.4) is 0 Å². The molecule has 45 heavy (non-hydrogen) atoms. The predicted molar refractivity (Wildman–Crippen MR) is 187 cm³/mol. The summed E-state index contributed by atoms with van der Waals surface area (Å²) in [5.41, 5.74) is 2.78. The number of carbonyl (C=O) groups is 2. The van der Waals surface area contributed by atoms with E-state index in [9.17, 15) is 14.9 Å². The molecular formula is C34H39N3O4S3Si. The summed E-state index contributed by atoms with van der Waals surface area (Å²) in [7, 11) is -0.723. The fourth-order valence-corrected chi connectivity index (χ4v) is 8.08. The van der Waals surface area contributed by atoms with Gasteiger partial charge in [-0.15, -0.1) is 22.7 Å². The van der Waals surface area contributed by atoms with Crippen LogP contribution in [0.25, 0.3) is 0 Å². The average Bonchev–Trinajstić information content (AvgIpc) is 3.67. The first kappa shape index (κ1) is 34.5. The highest BCUT2D eigenvalue weighted by Gasteiger charge is 2.39. The molecule has 1 aliphatic heterocycles. The molecule has 0 spiro atoms. The SMILES string of the molecule is COC(=O)c1ccc(CCN2C(=O)SC=CN2CC[C@H](Cc2cccc(C#Cc3ccsc3C#N)c2)O[Si](C)(C)C(C)(C)C)s1.